The van der Waals surface area contributed by atoms with Crippen molar-refractivity contribution in [3.63, 3.8) is 0 Å². The minimum Gasteiger partial charge on any atom is -0.349 e. The zero-order valence-electron chi connectivity index (χ0n) is 17.8. The molecule has 31 heavy (non-hydrogen) atoms. The van der Waals surface area contributed by atoms with Gasteiger partial charge in [-0.15, -0.1) is 0 Å². The topological polar surface area (TPSA) is 78.5 Å². The van der Waals surface area contributed by atoms with Crippen LogP contribution in [0.1, 0.15) is 37.0 Å². The molecule has 0 radical (unpaired) electrons. The summed E-state index contributed by atoms with van der Waals surface area (Å²) in [6.07, 6.45) is 3.88. The number of allylic oxidation sites excluding steroid dienone is 1. The molecule has 0 bridgehead atoms. The van der Waals surface area contributed by atoms with E-state index in [1.807, 2.05) is 0 Å². The number of hydrogen-bond acceptors (Lipinski definition) is 4. The lowest BCUT2D eigenvalue weighted by molar-refractivity contribution is 0.0914. The maximum Gasteiger partial charge on any atom is 0.262 e. The van der Waals surface area contributed by atoms with Crippen molar-refractivity contribution in [2.75, 3.05) is 24.4 Å². The van der Waals surface area contributed by atoms with Crippen molar-refractivity contribution in [3.05, 3.63) is 71.6 Å². The predicted octanol–water partition coefficient (Wildman–Crippen LogP) is 3.79. The van der Waals surface area contributed by atoms with E-state index in [0.29, 0.717) is 0 Å². The number of sulfonamides is 1. The fourth-order valence-electron chi connectivity index (χ4n) is 3.39. The Kier molecular flexibility index (Phi) is 7.46. The Morgan fingerprint density at radius 3 is 2.52 bits per heavy atom. The molecule has 0 aromatic heterocycles. The van der Waals surface area contributed by atoms with Gasteiger partial charge in [-0.25, -0.2) is 12.8 Å². The van der Waals surface area contributed by atoms with E-state index in [9.17, 15) is 17.6 Å². The highest BCUT2D eigenvalue weighted by molar-refractivity contribution is 7.92. The molecule has 1 heterocycles. The van der Waals surface area contributed by atoms with Crippen molar-refractivity contribution in [2.45, 2.75) is 37.6 Å². The van der Waals surface area contributed by atoms with Crippen molar-refractivity contribution < 1.29 is 17.6 Å². The minimum absolute atomic E-state index is 0.0484. The van der Waals surface area contributed by atoms with Crippen LogP contribution in [-0.4, -0.2) is 44.9 Å². The molecule has 0 unspecified atom stereocenters. The van der Waals surface area contributed by atoms with Gasteiger partial charge in [0.25, 0.3) is 15.9 Å². The second-order valence-corrected chi connectivity index (χ2v) is 9.63. The molecular weight excluding hydrogens is 417 g/mol. The van der Waals surface area contributed by atoms with Crippen molar-refractivity contribution in [1.29, 1.82) is 0 Å². The number of likely N-dealkylation sites (tertiary alicyclic amines) is 1. The molecule has 1 aliphatic heterocycles. The number of hydrogen-bond donors (Lipinski definition) is 2. The SMILES string of the molecule is CC(C)=CCN1CCC(NC(=O)c2cccc(S(=O)(=O)Nc3ccccc3F)c2)CC1. The first-order valence-corrected chi connectivity index (χ1v) is 11.8. The molecule has 2 aromatic rings. The Morgan fingerprint density at radius 2 is 1.84 bits per heavy atom. The van der Waals surface area contributed by atoms with Crippen LogP contribution in [0.2, 0.25) is 0 Å². The summed E-state index contributed by atoms with van der Waals surface area (Å²) in [4.78, 5) is 14.9. The van der Waals surface area contributed by atoms with E-state index >= 15 is 0 Å². The van der Waals surface area contributed by atoms with Gasteiger partial charge in [0.2, 0.25) is 0 Å². The second-order valence-electron chi connectivity index (χ2n) is 7.94. The Labute approximate surface area is 183 Å². The first kappa shape index (κ1) is 23.0. The van der Waals surface area contributed by atoms with Crippen molar-refractivity contribution in [2.24, 2.45) is 0 Å². The molecule has 1 amide bonds. The quantitative estimate of drug-likeness (QED) is 0.636. The molecule has 0 aliphatic carbocycles. The van der Waals surface area contributed by atoms with Crippen LogP contribution in [0.5, 0.6) is 0 Å². The molecule has 0 saturated carbocycles. The van der Waals surface area contributed by atoms with Crippen LogP contribution in [0.4, 0.5) is 10.1 Å². The highest BCUT2D eigenvalue weighted by Crippen LogP contribution is 2.20. The van der Waals surface area contributed by atoms with Crippen molar-refractivity contribution in [1.82, 2.24) is 10.2 Å². The number of amides is 1. The molecule has 8 heteroatoms. The monoisotopic (exact) mass is 445 g/mol. The lowest BCUT2D eigenvalue weighted by Gasteiger charge is -2.31. The van der Waals surface area contributed by atoms with E-state index in [-0.39, 0.29) is 28.1 Å². The number of carbonyl (C=O) groups is 1. The summed E-state index contributed by atoms with van der Waals surface area (Å²) in [5.74, 6) is -0.985. The molecule has 1 fully saturated rings. The second kappa shape index (κ2) is 10.1. The summed E-state index contributed by atoms with van der Waals surface area (Å²) in [6, 6.07) is 11.3. The molecule has 2 N–H and O–H groups in total. The molecule has 2 aromatic carbocycles. The lowest BCUT2D eigenvalue weighted by atomic mass is 10.0. The van der Waals surface area contributed by atoms with Gasteiger partial charge in [0.1, 0.15) is 5.82 Å². The van der Waals surface area contributed by atoms with E-state index in [1.54, 1.807) is 6.07 Å². The molecule has 1 saturated heterocycles. The normalized spacial score (nSPS) is 15.3. The summed E-state index contributed by atoms with van der Waals surface area (Å²) in [6.45, 7) is 6.86. The molecule has 166 valence electrons. The first-order valence-electron chi connectivity index (χ1n) is 10.3. The fourth-order valence-corrected chi connectivity index (χ4v) is 4.51. The lowest BCUT2D eigenvalue weighted by Crippen LogP contribution is -2.44. The van der Waals surface area contributed by atoms with Crippen LogP contribution in [-0.2, 0) is 10.0 Å². The Bertz CT molecular complexity index is 1060. The maximum absolute atomic E-state index is 13.8. The number of benzene rings is 2. The molecule has 6 nitrogen and oxygen atoms in total. The van der Waals surface area contributed by atoms with Gasteiger partial charge in [0.15, 0.2) is 0 Å². The van der Waals surface area contributed by atoms with Crippen LogP contribution in [0.15, 0.2) is 65.1 Å². The minimum atomic E-state index is -4.03. The molecule has 0 atom stereocenters. The van der Waals surface area contributed by atoms with E-state index in [0.717, 1.165) is 32.5 Å². The Balaban J connectivity index is 1.63. The van der Waals surface area contributed by atoms with E-state index < -0.39 is 15.8 Å². The first-order chi connectivity index (χ1) is 14.7. The van der Waals surface area contributed by atoms with Gasteiger partial charge in [-0.05, 0) is 57.0 Å². The van der Waals surface area contributed by atoms with Gasteiger partial charge in [0, 0.05) is 31.2 Å². The van der Waals surface area contributed by atoms with Gasteiger partial charge in [-0.3, -0.25) is 14.4 Å². The highest BCUT2D eigenvalue weighted by atomic mass is 32.2. The number of halogens is 1. The average Bonchev–Trinajstić information content (AvgIpc) is 2.75. The number of para-hydroxylation sites is 1. The van der Waals surface area contributed by atoms with Crippen LogP contribution in [0.3, 0.4) is 0 Å². The number of carbonyl (C=O) groups excluding carboxylic acids is 1. The number of nitrogens with one attached hydrogen (secondary N) is 2. The molecular formula is C23H28FN3O3S. The summed E-state index contributed by atoms with van der Waals surface area (Å²) in [7, 11) is -4.03. The van der Waals surface area contributed by atoms with E-state index in [1.165, 1.54) is 48.0 Å². The third-order valence-electron chi connectivity index (χ3n) is 5.21. The average molecular weight is 446 g/mol. The summed E-state index contributed by atoms with van der Waals surface area (Å²) in [5, 5.41) is 3.00. The third-order valence-corrected chi connectivity index (χ3v) is 6.57. The largest absolute Gasteiger partial charge is 0.349 e. The van der Waals surface area contributed by atoms with Crippen LogP contribution >= 0.6 is 0 Å². The molecule has 1 aliphatic rings. The number of piperidine rings is 1. The van der Waals surface area contributed by atoms with Gasteiger partial charge >= 0.3 is 0 Å². The molecule has 3 rings (SSSR count). The van der Waals surface area contributed by atoms with Gasteiger partial charge in [0.05, 0.1) is 10.6 Å². The van der Waals surface area contributed by atoms with E-state index in [4.69, 9.17) is 0 Å². The smallest absolute Gasteiger partial charge is 0.262 e. The number of nitrogens with zero attached hydrogens (tertiary/aromatic N) is 1. The Hall–Kier alpha value is -2.71. The Morgan fingerprint density at radius 1 is 1.13 bits per heavy atom. The summed E-state index contributed by atoms with van der Waals surface area (Å²) < 4.78 is 41.3. The van der Waals surface area contributed by atoms with Crippen molar-refractivity contribution >= 4 is 21.6 Å². The van der Waals surface area contributed by atoms with Gasteiger partial charge in [-0.1, -0.05) is 29.8 Å². The predicted molar refractivity (Wildman–Crippen MR) is 120 cm³/mol. The van der Waals surface area contributed by atoms with Crippen LogP contribution < -0.4 is 10.0 Å². The van der Waals surface area contributed by atoms with Crippen LogP contribution in [0.25, 0.3) is 0 Å². The zero-order chi connectivity index (χ0) is 22.4. The van der Waals surface area contributed by atoms with Crippen LogP contribution in [0, 0.1) is 5.82 Å². The summed E-state index contributed by atoms with van der Waals surface area (Å²) >= 11 is 0. The van der Waals surface area contributed by atoms with Gasteiger partial charge in [-0.2, -0.15) is 0 Å². The third kappa shape index (κ3) is 6.38. The van der Waals surface area contributed by atoms with Crippen molar-refractivity contribution in [3.8, 4) is 0 Å². The number of anilines is 1. The fraction of sp³-hybridized carbons (Fsp3) is 0.348. The number of rotatable bonds is 7. The maximum atomic E-state index is 13.8. The van der Waals surface area contributed by atoms with Gasteiger partial charge < -0.3 is 5.32 Å². The van der Waals surface area contributed by atoms with E-state index in [2.05, 4.69) is 34.9 Å². The summed E-state index contributed by atoms with van der Waals surface area (Å²) in [5.41, 5.74) is 1.40. The standard InChI is InChI=1S/C23H28FN3O3S/c1-17(2)10-13-27-14-11-19(12-15-27)25-23(28)18-6-5-7-20(16-18)31(29,30)26-22-9-4-3-8-21(22)24/h3-10,16,19,26H,11-15H2,1-2H3,(H,25,28). The zero-order valence-corrected chi connectivity index (χ0v) is 18.6. The molecule has 0 spiro atoms. The highest BCUT2D eigenvalue weighted by Gasteiger charge is 2.22.